The molecule has 1 aromatic rings. The zero-order chi connectivity index (χ0) is 15.1. The van der Waals surface area contributed by atoms with E-state index in [1.807, 2.05) is 12.1 Å². The van der Waals surface area contributed by atoms with E-state index < -0.39 is 0 Å². The summed E-state index contributed by atoms with van der Waals surface area (Å²) < 4.78 is 11.0. The van der Waals surface area contributed by atoms with Crippen LogP contribution in [0.3, 0.4) is 0 Å². The standard InChI is InChI=1S/C18H24O3/c1-3-7-16-12-15(18(19)20-2)13-17(21-16)11-10-14-8-5-4-6-9-14/h3-6,8-9,15-17H,1,7,10-13H2,2H3/t15-,16+,17-/m0/s1. The highest BCUT2D eigenvalue weighted by Gasteiger charge is 2.33. The average molecular weight is 288 g/mol. The molecule has 114 valence electrons. The van der Waals surface area contributed by atoms with E-state index in [0.717, 1.165) is 32.1 Å². The Bertz CT molecular complexity index is 455. The summed E-state index contributed by atoms with van der Waals surface area (Å²) in [5.41, 5.74) is 1.31. The molecule has 0 aromatic heterocycles. The number of methoxy groups -OCH3 is 1. The Labute approximate surface area is 127 Å². The minimum Gasteiger partial charge on any atom is -0.469 e. The van der Waals surface area contributed by atoms with Crippen molar-refractivity contribution in [2.24, 2.45) is 5.92 Å². The quantitative estimate of drug-likeness (QED) is 0.593. The fourth-order valence-electron chi connectivity index (χ4n) is 2.97. The summed E-state index contributed by atoms with van der Waals surface area (Å²) in [6.07, 6.45) is 6.25. The third-order valence-electron chi connectivity index (χ3n) is 4.04. The number of hydrogen-bond acceptors (Lipinski definition) is 3. The molecular weight excluding hydrogens is 264 g/mol. The molecule has 0 bridgehead atoms. The van der Waals surface area contributed by atoms with Crippen molar-refractivity contribution in [3.63, 3.8) is 0 Å². The zero-order valence-electron chi connectivity index (χ0n) is 12.7. The van der Waals surface area contributed by atoms with Crippen molar-refractivity contribution in [3.05, 3.63) is 48.6 Å². The van der Waals surface area contributed by atoms with Gasteiger partial charge in [0.25, 0.3) is 0 Å². The van der Waals surface area contributed by atoms with Crippen LogP contribution in [0.5, 0.6) is 0 Å². The van der Waals surface area contributed by atoms with Crippen LogP contribution in [0.4, 0.5) is 0 Å². The highest BCUT2D eigenvalue weighted by molar-refractivity contribution is 5.72. The van der Waals surface area contributed by atoms with Crippen LogP contribution in [0, 0.1) is 5.92 Å². The van der Waals surface area contributed by atoms with E-state index in [1.54, 1.807) is 0 Å². The number of benzene rings is 1. The summed E-state index contributed by atoms with van der Waals surface area (Å²) in [4.78, 5) is 11.8. The van der Waals surface area contributed by atoms with Gasteiger partial charge in [-0.3, -0.25) is 4.79 Å². The molecule has 0 radical (unpaired) electrons. The van der Waals surface area contributed by atoms with Gasteiger partial charge < -0.3 is 9.47 Å². The van der Waals surface area contributed by atoms with E-state index >= 15 is 0 Å². The van der Waals surface area contributed by atoms with Crippen LogP contribution in [-0.4, -0.2) is 25.3 Å². The molecule has 0 unspecified atom stereocenters. The maximum Gasteiger partial charge on any atom is 0.308 e. The average Bonchev–Trinajstić information content (AvgIpc) is 2.53. The molecule has 0 N–H and O–H groups in total. The summed E-state index contributed by atoms with van der Waals surface area (Å²) in [6, 6.07) is 10.4. The highest BCUT2D eigenvalue weighted by Crippen LogP contribution is 2.30. The van der Waals surface area contributed by atoms with Crippen molar-refractivity contribution >= 4 is 5.97 Å². The fraction of sp³-hybridized carbons (Fsp3) is 0.500. The van der Waals surface area contributed by atoms with Crippen LogP contribution in [0.2, 0.25) is 0 Å². The van der Waals surface area contributed by atoms with Gasteiger partial charge in [0.2, 0.25) is 0 Å². The Kier molecular flexibility index (Phi) is 6.00. The van der Waals surface area contributed by atoms with Crippen LogP contribution in [-0.2, 0) is 20.7 Å². The first-order chi connectivity index (χ1) is 10.2. The number of rotatable bonds is 6. The maximum atomic E-state index is 11.8. The van der Waals surface area contributed by atoms with Crippen molar-refractivity contribution in [2.45, 2.75) is 44.3 Å². The number of carbonyl (C=O) groups excluding carboxylic acids is 1. The molecule has 1 fully saturated rings. The molecule has 3 nitrogen and oxygen atoms in total. The normalized spacial score (nSPS) is 25.3. The Morgan fingerprint density at radius 3 is 2.71 bits per heavy atom. The Morgan fingerprint density at radius 2 is 2.05 bits per heavy atom. The molecule has 0 saturated carbocycles. The minimum atomic E-state index is -0.114. The van der Waals surface area contributed by atoms with E-state index in [-0.39, 0.29) is 24.1 Å². The zero-order valence-corrected chi connectivity index (χ0v) is 12.7. The maximum absolute atomic E-state index is 11.8. The monoisotopic (exact) mass is 288 g/mol. The van der Waals surface area contributed by atoms with E-state index in [9.17, 15) is 4.79 Å². The largest absolute Gasteiger partial charge is 0.469 e. The molecule has 1 aromatic carbocycles. The van der Waals surface area contributed by atoms with Gasteiger partial charge in [-0.05, 0) is 37.7 Å². The molecule has 0 spiro atoms. The van der Waals surface area contributed by atoms with Gasteiger partial charge in [0.1, 0.15) is 0 Å². The minimum absolute atomic E-state index is 0.0468. The SMILES string of the molecule is C=CC[C@@H]1C[C@H](C(=O)OC)C[C@H](CCc2ccccc2)O1. The van der Waals surface area contributed by atoms with Crippen molar-refractivity contribution < 1.29 is 14.3 Å². The van der Waals surface area contributed by atoms with Crippen molar-refractivity contribution in [2.75, 3.05) is 7.11 Å². The smallest absolute Gasteiger partial charge is 0.308 e. The lowest BCUT2D eigenvalue weighted by Crippen LogP contribution is -2.36. The Balaban J connectivity index is 1.93. The fourth-order valence-corrected chi connectivity index (χ4v) is 2.97. The molecule has 1 aliphatic heterocycles. The van der Waals surface area contributed by atoms with Crippen LogP contribution < -0.4 is 0 Å². The third kappa shape index (κ3) is 4.71. The molecule has 1 heterocycles. The molecule has 1 aliphatic rings. The number of aryl methyl sites for hydroxylation is 1. The molecule has 3 heteroatoms. The van der Waals surface area contributed by atoms with Gasteiger partial charge in [-0.1, -0.05) is 36.4 Å². The van der Waals surface area contributed by atoms with E-state index in [1.165, 1.54) is 12.7 Å². The van der Waals surface area contributed by atoms with Gasteiger partial charge in [0, 0.05) is 0 Å². The molecule has 21 heavy (non-hydrogen) atoms. The van der Waals surface area contributed by atoms with E-state index in [0.29, 0.717) is 0 Å². The second-order valence-electron chi connectivity index (χ2n) is 5.62. The van der Waals surface area contributed by atoms with Crippen LogP contribution >= 0.6 is 0 Å². The van der Waals surface area contributed by atoms with Gasteiger partial charge in [-0.2, -0.15) is 0 Å². The van der Waals surface area contributed by atoms with Gasteiger partial charge in [-0.25, -0.2) is 0 Å². The molecule has 1 saturated heterocycles. The number of ether oxygens (including phenoxy) is 2. The highest BCUT2D eigenvalue weighted by atomic mass is 16.5. The Hall–Kier alpha value is -1.61. The lowest BCUT2D eigenvalue weighted by atomic mass is 9.88. The lowest BCUT2D eigenvalue weighted by Gasteiger charge is -2.34. The summed E-state index contributed by atoms with van der Waals surface area (Å²) in [5, 5.41) is 0. The Morgan fingerprint density at radius 1 is 1.33 bits per heavy atom. The van der Waals surface area contributed by atoms with E-state index in [2.05, 4.69) is 30.8 Å². The lowest BCUT2D eigenvalue weighted by molar-refractivity contribution is -0.155. The van der Waals surface area contributed by atoms with Gasteiger partial charge >= 0.3 is 5.97 Å². The predicted molar refractivity (Wildman–Crippen MR) is 83.0 cm³/mol. The van der Waals surface area contributed by atoms with E-state index in [4.69, 9.17) is 9.47 Å². The summed E-state index contributed by atoms with van der Waals surface area (Å²) in [6.45, 7) is 3.77. The molecular formula is C18H24O3. The van der Waals surface area contributed by atoms with Gasteiger partial charge in [0.15, 0.2) is 0 Å². The topological polar surface area (TPSA) is 35.5 Å². The number of hydrogen-bond donors (Lipinski definition) is 0. The molecule has 0 amide bonds. The van der Waals surface area contributed by atoms with Crippen molar-refractivity contribution in [3.8, 4) is 0 Å². The molecule has 3 atom stereocenters. The van der Waals surface area contributed by atoms with Crippen LogP contribution in [0.25, 0.3) is 0 Å². The van der Waals surface area contributed by atoms with Crippen LogP contribution in [0.15, 0.2) is 43.0 Å². The second kappa shape index (κ2) is 7.99. The van der Waals surface area contributed by atoms with Crippen molar-refractivity contribution in [1.29, 1.82) is 0 Å². The summed E-state index contributed by atoms with van der Waals surface area (Å²) >= 11 is 0. The van der Waals surface area contributed by atoms with Crippen molar-refractivity contribution in [1.82, 2.24) is 0 Å². The van der Waals surface area contributed by atoms with Crippen LogP contribution in [0.1, 0.15) is 31.2 Å². The second-order valence-corrected chi connectivity index (χ2v) is 5.62. The first-order valence-corrected chi connectivity index (χ1v) is 7.61. The number of esters is 1. The first-order valence-electron chi connectivity index (χ1n) is 7.61. The number of carbonyl (C=O) groups is 1. The summed E-state index contributed by atoms with van der Waals surface area (Å²) in [7, 11) is 1.46. The molecule has 0 aliphatic carbocycles. The summed E-state index contributed by atoms with van der Waals surface area (Å²) in [5.74, 6) is -0.161. The third-order valence-corrected chi connectivity index (χ3v) is 4.04. The predicted octanol–water partition coefficient (Wildman–Crippen LogP) is 3.53. The van der Waals surface area contributed by atoms with Gasteiger partial charge in [0.05, 0.1) is 25.2 Å². The van der Waals surface area contributed by atoms with Gasteiger partial charge in [-0.15, -0.1) is 6.58 Å². The first kappa shape index (κ1) is 15.8. The molecule has 2 rings (SSSR count).